The van der Waals surface area contributed by atoms with Gasteiger partial charge in [-0.25, -0.2) is 0 Å². The van der Waals surface area contributed by atoms with Gasteiger partial charge >= 0.3 is 5.97 Å². The highest BCUT2D eigenvalue weighted by atomic mass is 16.5. The van der Waals surface area contributed by atoms with Gasteiger partial charge in [-0.15, -0.1) is 0 Å². The van der Waals surface area contributed by atoms with Crippen molar-refractivity contribution in [1.29, 1.82) is 0 Å². The summed E-state index contributed by atoms with van der Waals surface area (Å²) in [5.74, 6) is 0.891. The number of carbonyl (C=O) groups is 1. The molecule has 0 aliphatic carbocycles. The molecule has 0 radical (unpaired) electrons. The van der Waals surface area contributed by atoms with Gasteiger partial charge in [-0.1, -0.05) is 55.8 Å². The number of nitrogens with zero attached hydrogens (tertiary/aromatic N) is 3. The second kappa shape index (κ2) is 12.5. The highest BCUT2D eigenvalue weighted by molar-refractivity contribution is 5.74. The molecular formula is C30H39N3O5. The van der Waals surface area contributed by atoms with Gasteiger partial charge in [0.05, 0.1) is 5.41 Å². The summed E-state index contributed by atoms with van der Waals surface area (Å²) in [6.45, 7) is 7.24. The number of ether oxygens (including phenoxy) is 1. The van der Waals surface area contributed by atoms with Gasteiger partial charge in [-0.3, -0.25) is 9.69 Å². The molecule has 8 heteroatoms. The number of piperidine rings is 1. The van der Waals surface area contributed by atoms with Crippen LogP contribution in [0, 0.1) is 11.3 Å². The first kappa shape index (κ1) is 27.8. The van der Waals surface area contributed by atoms with E-state index in [-0.39, 0.29) is 5.75 Å². The van der Waals surface area contributed by atoms with Crippen molar-refractivity contribution in [2.75, 3.05) is 26.8 Å². The van der Waals surface area contributed by atoms with Crippen LogP contribution in [-0.4, -0.2) is 58.0 Å². The number of hydrogen-bond acceptors (Lipinski definition) is 7. The van der Waals surface area contributed by atoms with Crippen molar-refractivity contribution < 1.29 is 24.3 Å². The maximum Gasteiger partial charge on any atom is 0.309 e. The van der Waals surface area contributed by atoms with E-state index in [0.717, 1.165) is 55.6 Å². The van der Waals surface area contributed by atoms with Gasteiger partial charge in [0, 0.05) is 31.4 Å². The Morgan fingerprint density at radius 2 is 1.82 bits per heavy atom. The van der Waals surface area contributed by atoms with Crippen molar-refractivity contribution in [2.24, 2.45) is 11.3 Å². The quantitative estimate of drug-likeness (QED) is 0.288. The summed E-state index contributed by atoms with van der Waals surface area (Å²) >= 11 is 0. The molecule has 0 unspecified atom stereocenters. The number of carboxylic acid groups (broad SMARTS) is 1. The number of phenols is 1. The zero-order valence-corrected chi connectivity index (χ0v) is 22.7. The van der Waals surface area contributed by atoms with Crippen molar-refractivity contribution >= 4 is 5.97 Å². The third-order valence-electron chi connectivity index (χ3n) is 7.53. The van der Waals surface area contributed by atoms with Gasteiger partial charge in [-0.2, -0.15) is 4.98 Å². The Morgan fingerprint density at radius 1 is 1.11 bits per heavy atom. The van der Waals surface area contributed by atoms with Gasteiger partial charge in [0.1, 0.15) is 5.75 Å². The molecule has 38 heavy (non-hydrogen) atoms. The number of aromatic nitrogens is 2. The number of aromatic hydroxyl groups is 1. The molecule has 1 aliphatic heterocycles. The van der Waals surface area contributed by atoms with E-state index in [1.807, 2.05) is 24.3 Å². The zero-order chi connectivity index (χ0) is 27.1. The van der Waals surface area contributed by atoms with Gasteiger partial charge in [0.15, 0.2) is 0 Å². The van der Waals surface area contributed by atoms with E-state index < -0.39 is 11.4 Å². The predicted octanol–water partition coefficient (Wildman–Crippen LogP) is 5.79. The highest BCUT2D eigenvalue weighted by Crippen LogP contribution is 2.37. The molecule has 0 bridgehead atoms. The largest absolute Gasteiger partial charge is 0.508 e. The molecule has 0 saturated carbocycles. The fraction of sp³-hybridized carbons (Fsp3) is 0.500. The maximum atomic E-state index is 12.1. The lowest BCUT2D eigenvalue weighted by molar-refractivity contribution is -0.152. The van der Waals surface area contributed by atoms with Crippen LogP contribution in [0.3, 0.4) is 0 Å². The van der Waals surface area contributed by atoms with E-state index >= 15 is 0 Å². The van der Waals surface area contributed by atoms with Crippen molar-refractivity contribution in [3.8, 4) is 28.6 Å². The molecule has 1 fully saturated rings. The Hall–Kier alpha value is -3.23. The van der Waals surface area contributed by atoms with Crippen LogP contribution in [0.25, 0.3) is 22.8 Å². The Kier molecular flexibility index (Phi) is 9.17. The van der Waals surface area contributed by atoms with Crippen molar-refractivity contribution in [3.05, 3.63) is 53.6 Å². The van der Waals surface area contributed by atoms with Crippen LogP contribution in [-0.2, 0) is 22.5 Å². The van der Waals surface area contributed by atoms with Crippen LogP contribution in [0.15, 0.2) is 47.0 Å². The first-order valence-electron chi connectivity index (χ1n) is 13.5. The van der Waals surface area contributed by atoms with Crippen molar-refractivity contribution in [1.82, 2.24) is 15.0 Å². The Bertz CT molecular complexity index is 1200. The number of phenolic OH excluding ortho intramolecular Hbond substituents is 1. The lowest BCUT2D eigenvalue weighted by atomic mass is 9.74. The molecule has 2 N–H and O–H groups in total. The molecule has 4 rings (SSSR count). The SMILES string of the molecule is COCCCCC1(C(=O)O)CCN(Cc2ccc(-c3noc(-c4ccc(CC(C)C)c(O)c4)n3)cc2)CC1. The molecule has 3 aromatic rings. The highest BCUT2D eigenvalue weighted by Gasteiger charge is 2.40. The lowest BCUT2D eigenvalue weighted by Crippen LogP contribution is -2.44. The van der Waals surface area contributed by atoms with Gasteiger partial charge in [-0.05, 0) is 74.4 Å². The summed E-state index contributed by atoms with van der Waals surface area (Å²) in [4.78, 5) is 18.9. The summed E-state index contributed by atoms with van der Waals surface area (Å²) in [5, 5.41) is 24.4. The third-order valence-corrected chi connectivity index (χ3v) is 7.53. The fourth-order valence-corrected chi connectivity index (χ4v) is 5.20. The van der Waals surface area contributed by atoms with E-state index in [1.54, 1.807) is 13.2 Å². The molecule has 0 amide bonds. The normalized spacial score (nSPS) is 15.7. The molecule has 2 heterocycles. The minimum Gasteiger partial charge on any atom is -0.508 e. The first-order valence-corrected chi connectivity index (χ1v) is 13.5. The van der Waals surface area contributed by atoms with Crippen molar-refractivity contribution in [2.45, 2.75) is 58.9 Å². The summed E-state index contributed by atoms with van der Waals surface area (Å²) in [6, 6.07) is 13.6. The van der Waals surface area contributed by atoms with Crippen LogP contribution in [0.5, 0.6) is 5.75 Å². The average Bonchev–Trinajstić information content (AvgIpc) is 3.39. The number of benzene rings is 2. The van der Waals surface area contributed by atoms with Crippen LogP contribution in [0.4, 0.5) is 0 Å². The number of rotatable bonds is 12. The number of unbranched alkanes of at least 4 members (excludes halogenated alkanes) is 1. The smallest absolute Gasteiger partial charge is 0.309 e. The van der Waals surface area contributed by atoms with Gasteiger partial charge in [0.2, 0.25) is 5.82 Å². The number of likely N-dealkylation sites (tertiary alicyclic amines) is 1. The van der Waals surface area contributed by atoms with E-state index in [9.17, 15) is 15.0 Å². The van der Waals surface area contributed by atoms with E-state index in [2.05, 4.69) is 41.0 Å². The standard InChI is InChI=1S/C30H39N3O5/c1-21(2)18-24-10-11-25(19-26(24)34)28-31-27(32-38-28)23-8-6-22(7-9-23)20-33-15-13-30(14-16-33,29(35)36)12-4-5-17-37-3/h6-11,19,21,34H,4-5,12-18,20H2,1-3H3,(H,35,36). The second-order valence-electron chi connectivity index (χ2n) is 10.9. The van der Waals surface area contributed by atoms with Crippen LogP contribution in [0.2, 0.25) is 0 Å². The van der Waals surface area contributed by atoms with E-state index in [0.29, 0.717) is 49.1 Å². The minimum absolute atomic E-state index is 0.240. The zero-order valence-electron chi connectivity index (χ0n) is 22.7. The Labute approximate surface area is 224 Å². The van der Waals surface area contributed by atoms with Crippen LogP contribution < -0.4 is 0 Å². The molecule has 8 nitrogen and oxygen atoms in total. The first-order chi connectivity index (χ1) is 18.3. The number of carboxylic acids is 1. The van der Waals surface area contributed by atoms with Crippen LogP contribution >= 0.6 is 0 Å². The molecule has 2 aromatic carbocycles. The summed E-state index contributed by atoms with van der Waals surface area (Å²) in [6.07, 6.45) is 4.64. The van der Waals surface area contributed by atoms with E-state index in [1.165, 1.54) is 0 Å². The summed E-state index contributed by atoms with van der Waals surface area (Å²) in [5.41, 5.74) is 2.99. The van der Waals surface area contributed by atoms with Crippen molar-refractivity contribution in [3.63, 3.8) is 0 Å². The lowest BCUT2D eigenvalue weighted by Gasteiger charge is -2.39. The third kappa shape index (κ3) is 6.79. The molecule has 0 spiro atoms. The number of methoxy groups -OCH3 is 1. The topological polar surface area (TPSA) is 109 Å². The molecule has 204 valence electrons. The fourth-order valence-electron chi connectivity index (χ4n) is 5.20. The van der Waals surface area contributed by atoms with Crippen LogP contribution in [0.1, 0.15) is 57.1 Å². The van der Waals surface area contributed by atoms with Gasteiger partial charge < -0.3 is 19.5 Å². The maximum absolute atomic E-state index is 12.1. The predicted molar refractivity (Wildman–Crippen MR) is 146 cm³/mol. The minimum atomic E-state index is -0.667. The molecule has 1 aliphatic rings. The monoisotopic (exact) mass is 521 g/mol. The number of aliphatic carboxylic acids is 1. The Morgan fingerprint density at radius 3 is 2.45 bits per heavy atom. The van der Waals surface area contributed by atoms with Gasteiger partial charge in [0.25, 0.3) is 5.89 Å². The second-order valence-corrected chi connectivity index (χ2v) is 10.9. The average molecular weight is 522 g/mol. The summed E-state index contributed by atoms with van der Waals surface area (Å²) in [7, 11) is 1.68. The molecule has 1 saturated heterocycles. The summed E-state index contributed by atoms with van der Waals surface area (Å²) < 4.78 is 10.6. The molecular weight excluding hydrogens is 482 g/mol. The Balaban J connectivity index is 1.34. The molecule has 0 atom stereocenters. The molecule has 1 aromatic heterocycles. The van der Waals surface area contributed by atoms with E-state index in [4.69, 9.17) is 9.26 Å². The number of hydrogen-bond donors (Lipinski definition) is 2.